The fraction of sp³-hybridized carbons (Fsp3) is 0.476. The molecular formula is C21H27N3O3S. The number of thioether (sulfide) groups is 1. The van der Waals surface area contributed by atoms with E-state index in [1.165, 1.54) is 17.3 Å². The molecule has 3 rings (SSSR count). The van der Waals surface area contributed by atoms with Crippen molar-refractivity contribution >= 4 is 17.7 Å². The molecule has 0 saturated heterocycles. The smallest absolute Gasteiger partial charge is 0.258 e. The maximum absolute atomic E-state index is 12.3. The zero-order valence-electron chi connectivity index (χ0n) is 16.1. The van der Waals surface area contributed by atoms with Gasteiger partial charge in [0.1, 0.15) is 0 Å². The Kier molecular flexibility index (Phi) is 7.14. The monoisotopic (exact) mass is 401 g/mol. The highest BCUT2D eigenvalue weighted by atomic mass is 32.2. The largest absolute Gasteiger partial charge is 0.493 e. The lowest BCUT2D eigenvalue weighted by atomic mass is 10.1. The van der Waals surface area contributed by atoms with Gasteiger partial charge in [0.25, 0.3) is 5.56 Å². The van der Waals surface area contributed by atoms with Gasteiger partial charge in [0.15, 0.2) is 5.16 Å². The molecule has 1 heterocycles. The Hall–Kier alpha value is -2.28. The topological polar surface area (TPSA) is 84.2 Å². The summed E-state index contributed by atoms with van der Waals surface area (Å²) in [5.41, 5.74) is 1.00. The van der Waals surface area contributed by atoms with Gasteiger partial charge in [-0.15, -0.1) is 0 Å². The van der Waals surface area contributed by atoms with Crippen molar-refractivity contribution in [3.8, 4) is 5.88 Å². The van der Waals surface area contributed by atoms with Crippen LogP contribution in [0.15, 0.2) is 46.3 Å². The van der Waals surface area contributed by atoms with Crippen LogP contribution in [0.1, 0.15) is 50.6 Å². The number of amides is 1. The number of aromatic nitrogens is 2. The first-order chi connectivity index (χ1) is 13.5. The fourth-order valence-corrected chi connectivity index (χ4v) is 4.49. The zero-order valence-corrected chi connectivity index (χ0v) is 17.0. The Morgan fingerprint density at radius 3 is 2.75 bits per heavy atom. The summed E-state index contributed by atoms with van der Waals surface area (Å²) in [4.78, 5) is 28.8. The van der Waals surface area contributed by atoms with Crippen molar-refractivity contribution in [3.63, 3.8) is 0 Å². The van der Waals surface area contributed by atoms with Crippen molar-refractivity contribution in [2.75, 3.05) is 5.75 Å². The number of carbonyl (C=O) groups is 1. The van der Waals surface area contributed by atoms with Crippen molar-refractivity contribution < 1.29 is 9.90 Å². The Balaban J connectivity index is 1.54. The molecule has 1 amide bonds. The number of nitrogens with one attached hydrogen (secondary N) is 1. The summed E-state index contributed by atoms with van der Waals surface area (Å²) in [5.74, 6) is -0.224. The first-order valence-corrected chi connectivity index (χ1v) is 10.8. The first kappa shape index (κ1) is 20.5. The molecule has 0 bridgehead atoms. The highest BCUT2D eigenvalue weighted by molar-refractivity contribution is 7.99. The number of hydrogen-bond donors (Lipinski definition) is 2. The van der Waals surface area contributed by atoms with E-state index in [1.807, 2.05) is 25.1 Å². The van der Waals surface area contributed by atoms with E-state index < -0.39 is 0 Å². The van der Waals surface area contributed by atoms with Crippen molar-refractivity contribution in [2.24, 2.45) is 0 Å². The minimum atomic E-state index is -0.293. The second-order valence-corrected chi connectivity index (χ2v) is 8.27. The van der Waals surface area contributed by atoms with Crippen molar-refractivity contribution in [3.05, 3.63) is 52.3 Å². The Morgan fingerprint density at radius 2 is 2.04 bits per heavy atom. The minimum absolute atomic E-state index is 0.0578. The molecule has 7 heteroatoms. The molecule has 2 aromatic rings. The Labute approximate surface area is 169 Å². The van der Waals surface area contributed by atoms with Crippen molar-refractivity contribution in [1.29, 1.82) is 0 Å². The molecule has 1 aliphatic carbocycles. The van der Waals surface area contributed by atoms with Gasteiger partial charge >= 0.3 is 0 Å². The van der Waals surface area contributed by atoms with Gasteiger partial charge in [-0.3, -0.25) is 14.2 Å². The normalized spacial score (nSPS) is 15.5. The summed E-state index contributed by atoms with van der Waals surface area (Å²) >= 11 is 1.21. The van der Waals surface area contributed by atoms with Crippen molar-refractivity contribution in [2.45, 2.75) is 62.7 Å². The fourth-order valence-electron chi connectivity index (χ4n) is 3.61. The van der Waals surface area contributed by atoms with Crippen LogP contribution in [0.5, 0.6) is 5.88 Å². The number of aryl methyl sites for hydroxylation is 1. The van der Waals surface area contributed by atoms with Gasteiger partial charge in [0.2, 0.25) is 11.8 Å². The van der Waals surface area contributed by atoms with Gasteiger partial charge in [-0.25, -0.2) is 0 Å². The van der Waals surface area contributed by atoms with E-state index in [-0.39, 0.29) is 35.2 Å². The number of hydrogen-bond acceptors (Lipinski definition) is 5. The summed E-state index contributed by atoms with van der Waals surface area (Å²) in [7, 11) is 0. The third kappa shape index (κ3) is 5.61. The zero-order chi connectivity index (χ0) is 19.9. The lowest BCUT2D eigenvalue weighted by Crippen LogP contribution is -2.34. The standard InChI is InChI=1S/C21H27N3O3S/c1-15(11-12-16-7-3-2-4-8-16)22-19(26)14-28-21-23-18(25)13-20(27)24(21)17-9-5-6-10-17/h2-4,7-8,13,15,17,25H,5-6,9-12,14H2,1H3,(H,22,26). The van der Waals surface area contributed by atoms with E-state index in [1.54, 1.807) is 4.57 Å². The quantitative estimate of drug-likeness (QED) is 0.524. The molecule has 1 aromatic heterocycles. The predicted octanol–water partition coefficient (Wildman–Crippen LogP) is 3.29. The lowest BCUT2D eigenvalue weighted by Gasteiger charge is -2.18. The van der Waals surface area contributed by atoms with Gasteiger partial charge in [-0.2, -0.15) is 4.98 Å². The molecule has 1 aromatic carbocycles. The SMILES string of the molecule is CC(CCc1ccccc1)NC(=O)CSc1nc(O)cc(=O)n1C1CCCC1. The molecule has 2 N–H and O–H groups in total. The van der Waals surface area contributed by atoms with Crippen LogP contribution in [0.25, 0.3) is 0 Å². The van der Waals surface area contributed by atoms with E-state index >= 15 is 0 Å². The van der Waals surface area contributed by atoms with E-state index in [0.717, 1.165) is 44.6 Å². The van der Waals surface area contributed by atoms with Crippen LogP contribution in [-0.2, 0) is 11.2 Å². The van der Waals surface area contributed by atoms with Gasteiger partial charge in [0.05, 0.1) is 11.8 Å². The first-order valence-electron chi connectivity index (χ1n) is 9.81. The van der Waals surface area contributed by atoms with E-state index in [2.05, 4.69) is 22.4 Å². The molecule has 1 aliphatic rings. The van der Waals surface area contributed by atoms with Gasteiger partial charge in [-0.05, 0) is 38.2 Å². The lowest BCUT2D eigenvalue weighted by molar-refractivity contribution is -0.119. The molecule has 0 spiro atoms. The highest BCUT2D eigenvalue weighted by Crippen LogP contribution is 2.31. The van der Waals surface area contributed by atoms with Crippen LogP contribution in [-0.4, -0.2) is 32.4 Å². The van der Waals surface area contributed by atoms with E-state index in [4.69, 9.17) is 0 Å². The molecule has 1 saturated carbocycles. The molecule has 6 nitrogen and oxygen atoms in total. The summed E-state index contributed by atoms with van der Waals surface area (Å²) < 4.78 is 1.64. The molecule has 150 valence electrons. The number of benzene rings is 1. The van der Waals surface area contributed by atoms with Crippen LogP contribution >= 0.6 is 11.8 Å². The summed E-state index contributed by atoms with van der Waals surface area (Å²) in [5, 5.41) is 13.1. The third-order valence-corrected chi connectivity index (χ3v) is 6.00. The number of rotatable bonds is 8. The maximum Gasteiger partial charge on any atom is 0.258 e. The van der Waals surface area contributed by atoms with Crippen LogP contribution in [0, 0.1) is 0 Å². The molecule has 0 aliphatic heterocycles. The number of aromatic hydroxyl groups is 1. The summed E-state index contributed by atoms with van der Waals surface area (Å²) in [6, 6.07) is 11.5. The third-order valence-electron chi connectivity index (χ3n) is 5.04. The average molecular weight is 402 g/mol. The molecule has 1 atom stereocenters. The van der Waals surface area contributed by atoms with Crippen LogP contribution in [0.4, 0.5) is 0 Å². The van der Waals surface area contributed by atoms with Crippen LogP contribution in [0.3, 0.4) is 0 Å². The summed E-state index contributed by atoms with van der Waals surface area (Å²) in [6.45, 7) is 1.99. The summed E-state index contributed by atoms with van der Waals surface area (Å²) in [6.07, 6.45) is 5.80. The average Bonchev–Trinajstić information content (AvgIpc) is 3.19. The molecular weight excluding hydrogens is 374 g/mol. The molecule has 1 unspecified atom stereocenters. The Bertz CT molecular complexity index is 848. The van der Waals surface area contributed by atoms with Crippen LogP contribution in [0.2, 0.25) is 0 Å². The molecule has 0 radical (unpaired) electrons. The van der Waals surface area contributed by atoms with Crippen molar-refractivity contribution in [1.82, 2.24) is 14.9 Å². The van der Waals surface area contributed by atoms with Gasteiger partial charge in [0, 0.05) is 12.1 Å². The van der Waals surface area contributed by atoms with E-state index in [0.29, 0.717) is 5.16 Å². The van der Waals surface area contributed by atoms with Crippen LogP contribution < -0.4 is 10.9 Å². The predicted molar refractivity (Wildman–Crippen MR) is 111 cm³/mol. The van der Waals surface area contributed by atoms with E-state index in [9.17, 15) is 14.7 Å². The number of nitrogens with zero attached hydrogens (tertiary/aromatic N) is 2. The highest BCUT2D eigenvalue weighted by Gasteiger charge is 2.22. The number of carbonyl (C=O) groups excluding carboxylic acids is 1. The Morgan fingerprint density at radius 1 is 1.32 bits per heavy atom. The minimum Gasteiger partial charge on any atom is -0.493 e. The van der Waals surface area contributed by atoms with Gasteiger partial charge in [-0.1, -0.05) is 54.9 Å². The second kappa shape index (κ2) is 9.78. The second-order valence-electron chi connectivity index (χ2n) is 7.32. The van der Waals surface area contributed by atoms with Gasteiger partial charge < -0.3 is 10.4 Å². The molecule has 28 heavy (non-hydrogen) atoms. The molecule has 1 fully saturated rings. The maximum atomic E-state index is 12.3.